The second kappa shape index (κ2) is 3.45. The molecule has 1 aromatic carbocycles. The molecule has 0 saturated carbocycles. The van der Waals surface area contributed by atoms with Gasteiger partial charge >= 0.3 is 0 Å². The lowest BCUT2D eigenvalue weighted by Gasteiger charge is -2.12. The zero-order valence-electron chi connectivity index (χ0n) is 7.18. The number of nitrogens with zero attached hydrogens (tertiary/aromatic N) is 2. The molecule has 0 atom stereocenters. The molecule has 0 spiro atoms. The van der Waals surface area contributed by atoms with E-state index in [2.05, 4.69) is 5.10 Å². The minimum Gasteiger partial charge on any atom is -0.459 e. The minimum absolute atomic E-state index is 0.480. The fourth-order valence-electron chi connectivity index (χ4n) is 1.21. The van der Waals surface area contributed by atoms with Gasteiger partial charge in [0.1, 0.15) is 0 Å². The molecule has 1 aromatic rings. The number of nitrogens with two attached hydrogens (primary N) is 1. The molecule has 0 aromatic heterocycles. The zero-order valence-corrected chi connectivity index (χ0v) is 7.18. The molecule has 0 fully saturated rings. The number of hydrazone groups is 1. The molecule has 0 saturated heterocycles. The average Bonchev–Trinajstić information content (AvgIpc) is 2.71. The lowest BCUT2D eigenvalue weighted by atomic mass is 10.2. The van der Waals surface area contributed by atoms with Crippen molar-refractivity contribution in [2.75, 3.05) is 11.7 Å². The summed E-state index contributed by atoms with van der Waals surface area (Å²) in [4.78, 5) is 0. The highest BCUT2D eigenvalue weighted by molar-refractivity contribution is 5.57. The molecule has 0 unspecified atom stereocenters. The van der Waals surface area contributed by atoms with Crippen molar-refractivity contribution in [2.24, 2.45) is 10.8 Å². The number of rotatable bonds is 2. The fourth-order valence-corrected chi connectivity index (χ4v) is 1.21. The third-order valence-electron chi connectivity index (χ3n) is 1.90. The van der Waals surface area contributed by atoms with Crippen LogP contribution >= 0.6 is 0 Å². The highest BCUT2D eigenvalue weighted by Gasteiger charge is 2.08. The van der Waals surface area contributed by atoms with Crippen LogP contribution in [0.5, 0.6) is 0 Å². The Labute approximate surface area is 76.6 Å². The first kappa shape index (κ1) is 8.07. The summed E-state index contributed by atoms with van der Waals surface area (Å²) in [6.45, 7) is 1.03. The fraction of sp³-hybridized carbons (Fsp3) is 0.222. The van der Waals surface area contributed by atoms with Crippen molar-refractivity contribution in [1.29, 1.82) is 0 Å². The highest BCUT2D eigenvalue weighted by Crippen LogP contribution is 2.17. The molecule has 0 bridgehead atoms. The van der Waals surface area contributed by atoms with E-state index in [1.807, 2.05) is 24.3 Å². The summed E-state index contributed by atoms with van der Waals surface area (Å²) >= 11 is 0. The lowest BCUT2D eigenvalue weighted by Crippen LogP contribution is -2.13. The van der Waals surface area contributed by atoms with Crippen molar-refractivity contribution in [2.45, 2.75) is 6.54 Å². The molecule has 4 heteroatoms. The maximum absolute atomic E-state index is 5.53. The molecule has 2 rings (SSSR count). The van der Waals surface area contributed by atoms with E-state index in [0.29, 0.717) is 13.3 Å². The van der Waals surface area contributed by atoms with Crippen LogP contribution in [0.25, 0.3) is 0 Å². The van der Waals surface area contributed by atoms with Crippen molar-refractivity contribution < 1.29 is 4.74 Å². The number of anilines is 1. The van der Waals surface area contributed by atoms with Gasteiger partial charge < -0.3 is 10.5 Å². The van der Waals surface area contributed by atoms with Gasteiger partial charge in [0.2, 0.25) is 0 Å². The molecule has 1 aliphatic heterocycles. The summed E-state index contributed by atoms with van der Waals surface area (Å²) in [7, 11) is 0. The molecule has 13 heavy (non-hydrogen) atoms. The quantitative estimate of drug-likeness (QED) is 0.729. The number of ether oxygens (including phenoxy) is 1. The molecule has 0 radical (unpaired) electrons. The molecule has 4 nitrogen and oxygen atoms in total. The first-order valence-electron chi connectivity index (χ1n) is 4.11. The Morgan fingerprint density at radius 1 is 1.54 bits per heavy atom. The van der Waals surface area contributed by atoms with Crippen molar-refractivity contribution in [3.05, 3.63) is 29.8 Å². The van der Waals surface area contributed by atoms with E-state index in [-0.39, 0.29) is 0 Å². The van der Waals surface area contributed by atoms with Crippen LogP contribution in [0.15, 0.2) is 29.4 Å². The Balaban J connectivity index is 2.24. The van der Waals surface area contributed by atoms with E-state index in [0.717, 1.165) is 11.3 Å². The predicted octanol–water partition coefficient (Wildman–Crippen LogP) is 0.883. The Hall–Kier alpha value is -1.55. The van der Waals surface area contributed by atoms with Gasteiger partial charge in [-0.05, 0) is 17.7 Å². The molecular formula is C9H11N3O. The van der Waals surface area contributed by atoms with Gasteiger partial charge in [-0.1, -0.05) is 12.1 Å². The molecule has 2 N–H and O–H groups in total. The zero-order chi connectivity index (χ0) is 9.10. The Morgan fingerprint density at radius 2 is 2.46 bits per heavy atom. The summed E-state index contributed by atoms with van der Waals surface area (Å²) in [6, 6.07) is 7.94. The monoisotopic (exact) mass is 177 g/mol. The van der Waals surface area contributed by atoms with Crippen molar-refractivity contribution >= 4 is 12.1 Å². The number of hydrogen-bond acceptors (Lipinski definition) is 4. The Bertz CT molecular complexity index is 324. The molecule has 1 heterocycles. The second-order valence-electron chi connectivity index (χ2n) is 2.79. The van der Waals surface area contributed by atoms with E-state index in [9.17, 15) is 0 Å². The third-order valence-corrected chi connectivity index (χ3v) is 1.90. The lowest BCUT2D eigenvalue weighted by molar-refractivity contribution is 0.350. The molecule has 1 aliphatic rings. The molecular weight excluding hydrogens is 166 g/mol. The SMILES string of the molecule is NCc1cccc(N2COC=N2)c1. The van der Waals surface area contributed by atoms with Gasteiger partial charge in [0.15, 0.2) is 13.1 Å². The summed E-state index contributed by atoms with van der Waals surface area (Å²) in [5.74, 6) is 0. The maximum atomic E-state index is 5.53. The third kappa shape index (κ3) is 1.62. The second-order valence-corrected chi connectivity index (χ2v) is 2.79. The summed E-state index contributed by atoms with van der Waals surface area (Å²) in [6.07, 6.45) is 1.44. The van der Waals surface area contributed by atoms with E-state index >= 15 is 0 Å². The number of hydrogen-bond donors (Lipinski definition) is 1. The summed E-state index contributed by atoms with van der Waals surface area (Å²) in [5, 5.41) is 5.80. The van der Waals surface area contributed by atoms with Gasteiger partial charge in [-0.25, -0.2) is 5.01 Å². The Morgan fingerprint density at radius 3 is 3.15 bits per heavy atom. The van der Waals surface area contributed by atoms with Gasteiger partial charge in [0.05, 0.1) is 5.69 Å². The van der Waals surface area contributed by atoms with Gasteiger partial charge in [0.25, 0.3) is 0 Å². The van der Waals surface area contributed by atoms with Crippen LogP contribution in [0.2, 0.25) is 0 Å². The first-order chi connectivity index (χ1) is 6.40. The van der Waals surface area contributed by atoms with Crippen molar-refractivity contribution in [1.82, 2.24) is 0 Å². The largest absolute Gasteiger partial charge is 0.459 e. The van der Waals surface area contributed by atoms with E-state index in [4.69, 9.17) is 10.5 Å². The standard InChI is InChI=1S/C9H11N3O/c10-5-8-2-1-3-9(4-8)12-7-13-6-11-12/h1-4,6H,5,7,10H2. The van der Waals surface area contributed by atoms with Crippen molar-refractivity contribution in [3.63, 3.8) is 0 Å². The average molecular weight is 177 g/mol. The van der Waals surface area contributed by atoms with Gasteiger partial charge in [-0.2, -0.15) is 0 Å². The molecule has 0 amide bonds. The smallest absolute Gasteiger partial charge is 0.195 e. The van der Waals surface area contributed by atoms with E-state index in [1.165, 1.54) is 6.40 Å². The number of benzene rings is 1. The van der Waals surface area contributed by atoms with E-state index in [1.54, 1.807) is 5.01 Å². The van der Waals surface area contributed by atoms with Crippen LogP contribution in [0.4, 0.5) is 5.69 Å². The van der Waals surface area contributed by atoms with Gasteiger partial charge in [0, 0.05) is 6.54 Å². The van der Waals surface area contributed by atoms with Crippen LogP contribution in [0.3, 0.4) is 0 Å². The molecule has 68 valence electrons. The van der Waals surface area contributed by atoms with E-state index < -0.39 is 0 Å². The normalized spacial score (nSPS) is 14.7. The minimum atomic E-state index is 0.480. The maximum Gasteiger partial charge on any atom is 0.195 e. The van der Waals surface area contributed by atoms with Crippen LogP contribution in [-0.4, -0.2) is 13.1 Å². The summed E-state index contributed by atoms with van der Waals surface area (Å²) < 4.78 is 4.99. The highest BCUT2D eigenvalue weighted by atomic mass is 16.5. The van der Waals surface area contributed by atoms with Gasteiger partial charge in [-0.3, -0.25) is 0 Å². The molecule has 0 aliphatic carbocycles. The van der Waals surface area contributed by atoms with Crippen LogP contribution in [-0.2, 0) is 11.3 Å². The van der Waals surface area contributed by atoms with Crippen LogP contribution in [0.1, 0.15) is 5.56 Å². The Kier molecular flexibility index (Phi) is 2.14. The predicted molar refractivity (Wildman–Crippen MR) is 51.3 cm³/mol. The van der Waals surface area contributed by atoms with Gasteiger partial charge in [-0.15, -0.1) is 5.10 Å². The topological polar surface area (TPSA) is 50.8 Å². The van der Waals surface area contributed by atoms with Crippen LogP contribution < -0.4 is 10.7 Å². The van der Waals surface area contributed by atoms with Crippen LogP contribution in [0, 0.1) is 0 Å². The first-order valence-corrected chi connectivity index (χ1v) is 4.11. The summed E-state index contributed by atoms with van der Waals surface area (Å²) in [5.41, 5.74) is 7.64. The van der Waals surface area contributed by atoms with Crippen molar-refractivity contribution in [3.8, 4) is 0 Å².